The summed E-state index contributed by atoms with van der Waals surface area (Å²) in [5.41, 5.74) is 4.18. The lowest BCUT2D eigenvalue weighted by Crippen LogP contribution is -2.11. The molecule has 1 amide bonds. The molecule has 0 saturated carbocycles. The minimum Gasteiger partial charge on any atom is -0.311 e. The Morgan fingerprint density at radius 2 is 1.72 bits per heavy atom. The summed E-state index contributed by atoms with van der Waals surface area (Å²) in [7, 11) is 0. The van der Waals surface area contributed by atoms with E-state index in [1.165, 1.54) is 18.1 Å². The molecule has 2 rings (SSSR count). The molecule has 1 aromatic carbocycles. The van der Waals surface area contributed by atoms with E-state index in [0.29, 0.717) is 5.82 Å². The van der Waals surface area contributed by atoms with Crippen molar-refractivity contribution in [2.75, 3.05) is 5.32 Å². The Kier molecular flexibility index (Phi) is 3.19. The summed E-state index contributed by atoms with van der Waals surface area (Å²) < 4.78 is 1.76. The summed E-state index contributed by atoms with van der Waals surface area (Å²) in [5, 5.41) is 7.21. The molecule has 18 heavy (non-hydrogen) atoms. The van der Waals surface area contributed by atoms with Gasteiger partial charge in [0.2, 0.25) is 5.91 Å². The second kappa shape index (κ2) is 4.64. The molecule has 1 heterocycles. The fraction of sp³-hybridized carbons (Fsp3) is 0.286. The van der Waals surface area contributed by atoms with E-state index in [9.17, 15) is 4.79 Å². The summed E-state index contributed by atoms with van der Waals surface area (Å²) in [6.45, 7) is 7.49. The quantitative estimate of drug-likeness (QED) is 0.881. The Morgan fingerprint density at radius 3 is 2.28 bits per heavy atom. The number of benzene rings is 1. The summed E-state index contributed by atoms with van der Waals surface area (Å²) in [4.78, 5) is 11.2. The smallest absolute Gasteiger partial charge is 0.222 e. The van der Waals surface area contributed by atoms with Crippen LogP contribution in [0.3, 0.4) is 0 Å². The minimum atomic E-state index is -0.0967. The molecule has 4 heteroatoms. The van der Waals surface area contributed by atoms with E-state index in [4.69, 9.17) is 0 Å². The van der Waals surface area contributed by atoms with E-state index in [2.05, 4.69) is 16.5 Å². The predicted molar refractivity (Wildman–Crippen MR) is 72.1 cm³/mol. The van der Waals surface area contributed by atoms with Crippen molar-refractivity contribution in [3.05, 3.63) is 41.1 Å². The highest BCUT2D eigenvalue weighted by molar-refractivity contribution is 5.88. The van der Waals surface area contributed by atoms with Crippen molar-refractivity contribution in [3.8, 4) is 5.69 Å². The van der Waals surface area contributed by atoms with Crippen LogP contribution in [0, 0.1) is 20.8 Å². The van der Waals surface area contributed by atoms with E-state index in [0.717, 1.165) is 11.4 Å². The number of hydrogen-bond acceptors (Lipinski definition) is 2. The first-order chi connectivity index (χ1) is 8.45. The maximum absolute atomic E-state index is 11.2. The molecule has 0 aliphatic heterocycles. The number of anilines is 1. The Labute approximate surface area is 107 Å². The topological polar surface area (TPSA) is 46.9 Å². The standard InChI is InChI=1S/C14H17N3O/c1-9-5-10(2)7-13(6-9)17-14(15-12(4)18)8-11(3)16-17/h5-8H,1-4H3,(H,15,18). The molecule has 0 radical (unpaired) electrons. The first kappa shape index (κ1) is 12.4. The molecule has 0 fully saturated rings. The van der Waals surface area contributed by atoms with E-state index in [1.807, 2.05) is 39.0 Å². The highest BCUT2D eigenvalue weighted by atomic mass is 16.1. The maximum atomic E-state index is 11.2. The van der Waals surface area contributed by atoms with E-state index >= 15 is 0 Å². The molecule has 1 N–H and O–H groups in total. The van der Waals surface area contributed by atoms with Crippen LogP contribution in [0.2, 0.25) is 0 Å². The van der Waals surface area contributed by atoms with Crippen LogP contribution in [-0.2, 0) is 4.79 Å². The number of nitrogens with zero attached hydrogens (tertiary/aromatic N) is 2. The van der Waals surface area contributed by atoms with Gasteiger partial charge in [-0.15, -0.1) is 0 Å². The highest BCUT2D eigenvalue weighted by Crippen LogP contribution is 2.19. The molecule has 0 bridgehead atoms. The predicted octanol–water partition coefficient (Wildman–Crippen LogP) is 2.76. The maximum Gasteiger partial charge on any atom is 0.222 e. The largest absolute Gasteiger partial charge is 0.311 e. The second-order valence-electron chi connectivity index (χ2n) is 4.61. The van der Waals surface area contributed by atoms with E-state index in [1.54, 1.807) is 4.68 Å². The Morgan fingerprint density at radius 1 is 1.11 bits per heavy atom. The lowest BCUT2D eigenvalue weighted by Gasteiger charge is -2.09. The molecule has 0 atom stereocenters. The second-order valence-corrected chi connectivity index (χ2v) is 4.61. The lowest BCUT2D eigenvalue weighted by molar-refractivity contribution is -0.114. The van der Waals surface area contributed by atoms with Crippen LogP contribution in [0.15, 0.2) is 24.3 Å². The highest BCUT2D eigenvalue weighted by Gasteiger charge is 2.09. The average Bonchev–Trinajstić information content (AvgIpc) is 2.56. The number of nitrogens with one attached hydrogen (secondary N) is 1. The van der Waals surface area contributed by atoms with Gasteiger partial charge in [-0.05, 0) is 44.0 Å². The molecule has 0 spiro atoms. The Balaban J connectivity index is 2.52. The third-order valence-electron chi connectivity index (χ3n) is 2.59. The van der Waals surface area contributed by atoms with Gasteiger partial charge < -0.3 is 5.32 Å². The number of aryl methyl sites for hydroxylation is 3. The third-order valence-corrected chi connectivity index (χ3v) is 2.59. The molecule has 0 aliphatic carbocycles. The van der Waals surface area contributed by atoms with Gasteiger partial charge in [0.05, 0.1) is 11.4 Å². The van der Waals surface area contributed by atoms with Gasteiger partial charge in [0.15, 0.2) is 0 Å². The number of rotatable bonds is 2. The van der Waals surface area contributed by atoms with E-state index < -0.39 is 0 Å². The van der Waals surface area contributed by atoms with Gasteiger partial charge in [-0.3, -0.25) is 4.79 Å². The van der Waals surface area contributed by atoms with Gasteiger partial charge >= 0.3 is 0 Å². The number of carbonyl (C=O) groups is 1. The van der Waals surface area contributed by atoms with Crippen LogP contribution in [0.1, 0.15) is 23.7 Å². The van der Waals surface area contributed by atoms with Gasteiger partial charge in [0.1, 0.15) is 5.82 Å². The van der Waals surface area contributed by atoms with Crippen molar-refractivity contribution in [2.45, 2.75) is 27.7 Å². The zero-order chi connectivity index (χ0) is 13.3. The van der Waals surface area contributed by atoms with Crippen molar-refractivity contribution in [1.82, 2.24) is 9.78 Å². The van der Waals surface area contributed by atoms with Gasteiger partial charge in [-0.1, -0.05) is 6.07 Å². The van der Waals surface area contributed by atoms with E-state index in [-0.39, 0.29) is 5.91 Å². The molecular formula is C14H17N3O. The fourth-order valence-electron chi connectivity index (χ4n) is 2.04. The fourth-order valence-corrected chi connectivity index (χ4v) is 2.04. The number of carbonyl (C=O) groups excluding carboxylic acids is 1. The van der Waals surface area contributed by atoms with Crippen molar-refractivity contribution in [2.24, 2.45) is 0 Å². The molecular weight excluding hydrogens is 226 g/mol. The zero-order valence-electron chi connectivity index (χ0n) is 11.1. The van der Waals surface area contributed by atoms with Gasteiger partial charge in [-0.25, -0.2) is 4.68 Å². The minimum absolute atomic E-state index is 0.0967. The van der Waals surface area contributed by atoms with Gasteiger partial charge in [0.25, 0.3) is 0 Å². The number of aromatic nitrogens is 2. The lowest BCUT2D eigenvalue weighted by atomic mass is 10.1. The van der Waals surface area contributed by atoms with Crippen molar-refractivity contribution < 1.29 is 4.79 Å². The summed E-state index contributed by atoms with van der Waals surface area (Å²) in [6, 6.07) is 8.06. The molecule has 0 unspecified atom stereocenters. The SMILES string of the molecule is CC(=O)Nc1cc(C)nn1-c1cc(C)cc(C)c1. The molecule has 0 aliphatic rings. The monoisotopic (exact) mass is 243 g/mol. The molecule has 94 valence electrons. The third kappa shape index (κ3) is 2.59. The molecule has 1 aromatic heterocycles. The van der Waals surface area contributed by atoms with Crippen molar-refractivity contribution in [3.63, 3.8) is 0 Å². The van der Waals surface area contributed by atoms with Crippen molar-refractivity contribution >= 4 is 11.7 Å². The van der Waals surface area contributed by atoms with Gasteiger partial charge in [-0.2, -0.15) is 5.10 Å². The molecule has 2 aromatic rings. The summed E-state index contributed by atoms with van der Waals surface area (Å²) in [5.74, 6) is 0.602. The average molecular weight is 243 g/mol. The van der Waals surface area contributed by atoms with Gasteiger partial charge in [0, 0.05) is 13.0 Å². The number of hydrogen-bond donors (Lipinski definition) is 1. The zero-order valence-corrected chi connectivity index (χ0v) is 11.1. The Bertz CT molecular complexity index is 579. The Hall–Kier alpha value is -2.10. The van der Waals surface area contributed by atoms with Crippen LogP contribution in [0.25, 0.3) is 5.69 Å². The summed E-state index contributed by atoms with van der Waals surface area (Å²) in [6.07, 6.45) is 0. The summed E-state index contributed by atoms with van der Waals surface area (Å²) >= 11 is 0. The van der Waals surface area contributed by atoms with Crippen LogP contribution in [0.5, 0.6) is 0 Å². The van der Waals surface area contributed by atoms with Crippen LogP contribution < -0.4 is 5.32 Å². The first-order valence-corrected chi connectivity index (χ1v) is 5.88. The molecule has 4 nitrogen and oxygen atoms in total. The van der Waals surface area contributed by atoms with Crippen molar-refractivity contribution in [1.29, 1.82) is 0 Å². The van der Waals surface area contributed by atoms with Crippen LogP contribution >= 0.6 is 0 Å². The number of amides is 1. The molecule has 0 saturated heterocycles. The van der Waals surface area contributed by atoms with Crippen LogP contribution in [-0.4, -0.2) is 15.7 Å². The normalized spacial score (nSPS) is 10.4. The van der Waals surface area contributed by atoms with Crippen LogP contribution in [0.4, 0.5) is 5.82 Å². The first-order valence-electron chi connectivity index (χ1n) is 5.88.